The molecule has 28 heavy (non-hydrogen) atoms. The first kappa shape index (κ1) is 21.4. The van der Waals surface area contributed by atoms with Gasteiger partial charge in [0.05, 0.1) is 16.4 Å². The van der Waals surface area contributed by atoms with Gasteiger partial charge >= 0.3 is 0 Å². The molecule has 0 heterocycles. The van der Waals surface area contributed by atoms with Crippen molar-refractivity contribution >= 4 is 23.4 Å². The Hall–Kier alpha value is -2.89. The third kappa shape index (κ3) is 6.08. The molecule has 0 saturated heterocycles. The second kappa shape index (κ2) is 10.4. The average Bonchev–Trinajstić information content (AvgIpc) is 2.69. The maximum absolute atomic E-state index is 13.0. The first-order valence-electron chi connectivity index (χ1n) is 8.60. The molecule has 146 valence electrons. The number of carbonyl (C=O) groups is 1. The summed E-state index contributed by atoms with van der Waals surface area (Å²) < 4.78 is 13.0. The summed E-state index contributed by atoms with van der Waals surface area (Å²) in [5.74, 6) is 1.78. The van der Waals surface area contributed by atoms with Crippen LogP contribution in [0.2, 0.25) is 0 Å². The number of terminal acetylenes is 1. The van der Waals surface area contributed by atoms with Gasteiger partial charge in [0.1, 0.15) is 5.82 Å². The van der Waals surface area contributed by atoms with Gasteiger partial charge in [-0.25, -0.2) is 4.39 Å². The molecule has 0 aliphatic heterocycles. The summed E-state index contributed by atoms with van der Waals surface area (Å²) in [5, 5.41) is 14.2. The Morgan fingerprint density at radius 1 is 1.32 bits per heavy atom. The quantitative estimate of drug-likeness (QED) is 0.395. The number of nitro benzene ring substituents is 1. The van der Waals surface area contributed by atoms with Gasteiger partial charge in [-0.15, -0.1) is 6.42 Å². The maximum Gasteiger partial charge on any atom is 0.284 e. The van der Waals surface area contributed by atoms with Gasteiger partial charge in [0.25, 0.3) is 11.6 Å². The average molecular weight is 401 g/mol. The zero-order valence-electron chi connectivity index (χ0n) is 15.4. The molecule has 0 unspecified atom stereocenters. The molecule has 0 radical (unpaired) electrons. The Balaban J connectivity index is 2.08. The predicted molar refractivity (Wildman–Crippen MR) is 107 cm³/mol. The molecule has 0 aliphatic carbocycles. The van der Waals surface area contributed by atoms with Crippen LogP contribution in [0.15, 0.2) is 52.3 Å². The number of amides is 1. The molecule has 6 nitrogen and oxygen atoms in total. The molecule has 2 aromatic carbocycles. The van der Waals surface area contributed by atoms with E-state index in [2.05, 4.69) is 11.2 Å². The van der Waals surface area contributed by atoms with Gasteiger partial charge in [0, 0.05) is 29.6 Å². The lowest BCUT2D eigenvalue weighted by atomic mass is 10.2. The third-order valence-corrected chi connectivity index (χ3v) is 5.01. The summed E-state index contributed by atoms with van der Waals surface area (Å²) in [6.45, 7) is 4.20. The van der Waals surface area contributed by atoms with E-state index in [0.717, 1.165) is 18.3 Å². The highest BCUT2D eigenvalue weighted by Crippen LogP contribution is 2.35. The molecule has 2 rings (SSSR count). The first-order chi connectivity index (χ1) is 13.4. The number of hydrogen-bond acceptors (Lipinski definition) is 5. The monoisotopic (exact) mass is 401 g/mol. The SMILES string of the molecule is C#CCN(CC)CCNC(=O)c1ccc(Sc2ccc(F)cc2)c([N+](=O)[O-])c1. The normalized spacial score (nSPS) is 10.5. The van der Waals surface area contributed by atoms with Crippen molar-refractivity contribution in [3.8, 4) is 12.3 Å². The van der Waals surface area contributed by atoms with Gasteiger partial charge in [-0.2, -0.15) is 0 Å². The Morgan fingerprint density at radius 3 is 2.64 bits per heavy atom. The standard InChI is InChI=1S/C20H20FN3O3S/c1-3-12-23(4-2)13-11-22-20(25)15-5-10-19(18(14-15)24(26)27)28-17-8-6-16(21)7-9-17/h1,5-10,14H,4,11-13H2,2H3,(H,22,25). The van der Waals surface area contributed by atoms with Gasteiger partial charge in [-0.05, 0) is 42.9 Å². The smallest absolute Gasteiger partial charge is 0.284 e. The minimum atomic E-state index is -0.533. The Kier molecular flexibility index (Phi) is 7.99. The van der Waals surface area contributed by atoms with Crippen molar-refractivity contribution < 1.29 is 14.1 Å². The van der Waals surface area contributed by atoms with E-state index in [4.69, 9.17) is 6.42 Å². The molecule has 1 amide bonds. The van der Waals surface area contributed by atoms with Crippen LogP contribution in [0.5, 0.6) is 0 Å². The van der Waals surface area contributed by atoms with Crippen LogP contribution >= 0.6 is 11.8 Å². The van der Waals surface area contributed by atoms with Crippen LogP contribution < -0.4 is 5.32 Å². The summed E-state index contributed by atoms with van der Waals surface area (Å²) in [7, 11) is 0. The molecule has 0 spiro atoms. The summed E-state index contributed by atoms with van der Waals surface area (Å²) in [4.78, 5) is 26.2. The van der Waals surface area contributed by atoms with Gasteiger partial charge < -0.3 is 5.32 Å². The number of nitrogens with one attached hydrogen (secondary N) is 1. The lowest BCUT2D eigenvalue weighted by molar-refractivity contribution is -0.387. The molecule has 0 aromatic heterocycles. The lowest BCUT2D eigenvalue weighted by Crippen LogP contribution is -2.35. The van der Waals surface area contributed by atoms with Crippen molar-refractivity contribution in [2.75, 3.05) is 26.2 Å². The van der Waals surface area contributed by atoms with Crippen LogP contribution in [0.25, 0.3) is 0 Å². The summed E-state index contributed by atoms with van der Waals surface area (Å²) in [6.07, 6.45) is 5.29. The molecule has 0 atom stereocenters. The van der Waals surface area contributed by atoms with Crippen molar-refractivity contribution in [1.29, 1.82) is 0 Å². The van der Waals surface area contributed by atoms with Gasteiger partial charge in [-0.1, -0.05) is 24.6 Å². The van der Waals surface area contributed by atoms with Crippen LogP contribution in [-0.4, -0.2) is 41.9 Å². The van der Waals surface area contributed by atoms with Crippen LogP contribution in [-0.2, 0) is 0 Å². The fourth-order valence-corrected chi connectivity index (χ4v) is 3.33. The molecule has 0 fully saturated rings. The van der Waals surface area contributed by atoms with E-state index in [9.17, 15) is 19.3 Å². The number of likely N-dealkylation sites (N-methyl/N-ethyl adjacent to an activating group) is 1. The molecule has 2 aromatic rings. The van der Waals surface area contributed by atoms with Gasteiger partial charge in [-0.3, -0.25) is 19.8 Å². The molecule has 0 bridgehead atoms. The Labute approximate surface area is 167 Å². The third-order valence-electron chi connectivity index (χ3n) is 3.93. The minimum absolute atomic E-state index is 0.176. The van der Waals surface area contributed by atoms with E-state index < -0.39 is 10.8 Å². The highest BCUT2D eigenvalue weighted by atomic mass is 32.2. The molecule has 1 N–H and O–H groups in total. The van der Waals surface area contributed by atoms with E-state index in [1.54, 1.807) is 12.1 Å². The molecular weight excluding hydrogens is 381 g/mol. The first-order valence-corrected chi connectivity index (χ1v) is 9.42. The van der Waals surface area contributed by atoms with Crippen LogP contribution in [0.1, 0.15) is 17.3 Å². The van der Waals surface area contributed by atoms with Gasteiger partial charge in [0.15, 0.2) is 0 Å². The number of nitrogens with zero attached hydrogens (tertiary/aromatic N) is 2. The Morgan fingerprint density at radius 2 is 2.04 bits per heavy atom. The lowest BCUT2D eigenvalue weighted by Gasteiger charge is -2.17. The highest BCUT2D eigenvalue weighted by molar-refractivity contribution is 7.99. The molecule has 8 heteroatoms. The van der Waals surface area contributed by atoms with E-state index in [-0.39, 0.29) is 17.1 Å². The number of hydrogen-bond donors (Lipinski definition) is 1. The largest absolute Gasteiger partial charge is 0.351 e. The van der Waals surface area contributed by atoms with Crippen molar-refractivity contribution in [2.45, 2.75) is 16.7 Å². The van der Waals surface area contributed by atoms with E-state index in [0.29, 0.717) is 29.4 Å². The Bertz CT molecular complexity index is 881. The number of halogens is 1. The van der Waals surface area contributed by atoms with Gasteiger partial charge in [0.2, 0.25) is 0 Å². The number of nitro groups is 1. The predicted octanol–water partition coefficient (Wildman–Crippen LogP) is 3.57. The second-order valence-corrected chi connectivity index (χ2v) is 6.94. The minimum Gasteiger partial charge on any atom is -0.351 e. The maximum atomic E-state index is 13.0. The molecular formula is C20H20FN3O3S. The fraction of sp³-hybridized carbons (Fsp3) is 0.250. The number of benzene rings is 2. The van der Waals surface area contributed by atoms with Crippen LogP contribution in [0.3, 0.4) is 0 Å². The highest BCUT2D eigenvalue weighted by Gasteiger charge is 2.18. The van der Waals surface area contributed by atoms with E-state index in [1.165, 1.54) is 30.3 Å². The fourth-order valence-electron chi connectivity index (χ4n) is 2.42. The van der Waals surface area contributed by atoms with Crippen molar-refractivity contribution in [3.63, 3.8) is 0 Å². The van der Waals surface area contributed by atoms with Crippen molar-refractivity contribution in [1.82, 2.24) is 10.2 Å². The molecule has 0 saturated carbocycles. The number of carbonyl (C=O) groups excluding carboxylic acids is 1. The topological polar surface area (TPSA) is 75.5 Å². The zero-order valence-corrected chi connectivity index (χ0v) is 16.2. The van der Waals surface area contributed by atoms with Crippen molar-refractivity contribution in [3.05, 3.63) is 64.0 Å². The second-order valence-electron chi connectivity index (χ2n) is 5.82. The number of rotatable bonds is 9. The van der Waals surface area contributed by atoms with Crippen molar-refractivity contribution in [2.24, 2.45) is 0 Å². The zero-order chi connectivity index (χ0) is 20.5. The van der Waals surface area contributed by atoms with E-state index >= 15 is 0 Å². The van der Waals surface area contributed by atoms with Crippen LogP contribution in [0.4, 0.5) is 10.1 Å². The molecule has 0 aliphatic rings. The summed E-state index contributed by atoms with van der Waals surface area (Å²) >= 11 is 1.14. The summed E-state index contributed by atoms with van der Waals surface area (Å²) in [5.41, 5.74) is 0.0274. The summed E-state index contributed by atoms with van der Waals surface area (Å²) in [6, 6.07) is 9.97. The van der Waals surface area contributed by atoms with Crippen LogP contribution in [0, 0.1) is 28.3 Å². The van der Waals surface area contributed by atoms with E-state index in [1.807, 2.05) is 11.8 Å².